The van der Waals surface area contributed by atoms with Gasteiger partial charge in [-0.1, -0.05) is 25.0 Å². The minimum Gasteiger partial charge on any atom is -0.492 e. The Bertz CT molecular complexity index is 676. The first kappa shape index (κ1) is 17.9. The number of imide groups is 1. The molecule has 1 saturated heterocycles. The van der Waals surface area contributed by atoms with E-state index in [1.165, 1.54) is 21.8 Å². The summed E-state index contributed by atoms with van der Waals surface area (Å²) >= 11 is 1.87. The molecule has 1 spiro atoms. The van der Waals surface area contributed by atoms with Gasteiger partial charge in [0.15, 0.2) is 0 Å². The fourth-order valence-corrected chi connectivity index (χ4v) is 5.76. The quantitative estimate of drug-likeness (QED) is 0.573. The molecule has 1 aromatic rings. The van der Waals surface area contributed by atoms with Gasteiger partial charge in [0.1, 0.15) is 5.75 Å². The van der Waals surface area contributed by atoms with E-state index in [0.29, 0.717) is 32.4 Å². The van der Waals surface area contributed by atoms with Gasteiger partial charge in [0.2, 0.25) is 11.8 Å². The fraction of sp³-hybridized carbons (Fsp3) is 0.619. The zero-order valence-corrected chi connectivity index (χ0v) is 16.1. The van der Waals surface area contributed by atoms with Gasteiger partial charge in [-0.15, -0.1) is 11.8 Å². The maximum atomic E-state index is 12.5. The molecule has 0 unspecified atom stereocenters. The standard InChI is InChI=1S/C21H27NO3S/c23-18-14-21(9-1-2-10-21)15-19(24)22(18)11-5-12-25-17-8-3-6-16-7-4-13-26-20(16)17/h3,6,8H,1-2,4-5,7,9-15H2. The number of ether oxygens (including phenoxy) is 1. The summed E-state index contributed by atoms with van der Waals surface area (Å²) in [5.41, 5.74) is 1.36. The Balaban J connectivity index is 1.29. The van der Waals surface area contributed by atoms with E-state index < -0.39 is 0 Å². The van der Waals surface area contributed by atoms with E-state index in [9.17, 15) is 9.59 Å². The van der Waals surface area contributed by atoms with Crippen molar-refractivity contribution in [3.05, 3.63) is 23.8 Å². The molecule has 5 heteroatoms. The second-order valence-corrected chi connectivity index (χ2v) is 9.00. The number of rotatable bonds is 5. The normalized spacial score (nSPS) is 21.9. The summed E-state index contributed by atoms with van der Waals surface area (Å²) in [5.74, 6) is 2.14. The van der Waals surface area contributed by atoms with Gasteiger partial charge in [-0.3, -0.25) is 14.5 Å². The van der Waals surface area contributed by atoms with Gasteiger partial charge in [-0.25, -0.2) is 0 Å². The van der Waals surface area contributed by atoms with Crippen LogP contribution in [0.3, 0.4) is 0 Å². The number of hydrogen-bond acceptors (Lipinski definition) is 4. The highest BCUT2D eigenvalue weighted by Gasteiger charge is 2.44. The first-order valence-electron chi connectivity index (χ1n) is 9.88. The fourth-order valence-electron chi connectivity index (χ4n) is 4.64. The molecule has 2 fully saturated rings. The van der Waals surface area contributed by atoms with Crippen molar-refractivity contribution in [2.45, 2.75) is 62.7 Å². The van der Waals surface area contributed by atoms with Gasteiger partial charge >= 0.3 is 0 Å². The van der Waals surface area contributed by atoms with E-state index in [1.54, 1.807) is 0 Å². The van der Waals surface area contributed by atoms with Gasteiger partial charge in [-0.05, 0) is 54.9 Å². The number of likely N-dealkylation sites (tertiary alicyclic amines) is 1. The molecule has 4 rings (SSSR count). The van der Waals surface area contributed by atoms with Crippen molar-refractivity contribution >= 4 is 23.6 Å². The molecule has 26 heavy (non-hydrogen) atoms. The van der Waals surface area contributed by atoms with Gasteiger partial charge in [-0.2, -0.15) is 0 Å². The molecule has 2 amide bonds. The van der Waals surface area contributed by atoms with Crippen molar-refractivity contribution in [3.63, 3.8) is 0 Å². The molecule has 3 aliphatic rings. The van der Waals surface area contributed by atoms with Crippen LogP contribution in [-0.2, 0) is 16.0 Å². The second kappa shape index (κ2) is 7.63. The van der Waals surface area contributed by atoms with Gasteiger partial charge in [0, 0.05) is 19.4 Å². The summed E-state index contributed by atoms with van der Waals surface area (Å²) in [6, 6.07) is 6.26. The van der Waals surface area contributed by atoms with Crippen LogP contribution in [0.1, 0.15) is 56.9 Å². The molecular weight excluding hydrogens is 346 g/mol. The number of carbonyl (C=O) groups excluding carboxylic acids is 2. The lowest BCUT2D eigenvalue weighted by Gasteiger charge is -2.37. The Morgan fingerprint density at radius 1 is 1.08 bits per heavy atom. The molecule has 0 N–H and O–H groups in total. The van der Waals surface area contributed by atoms with Crippen molar-refractivity contribution in [2.24, 2.45) is 5.41 Å². The largest absolute Gasteiger partial charge is 0.492 e. The maximum Gasteiger partial charge on any atom is 0.229 e. The molecule has 1 aliphatic carbocycles. The molecule has 0 radical (unpaired) electrons. The van der Waals surface area contributed by atoms with E-state index in [1.807, 2.05) is 17.8 Å². The number of benzene rings is 1. The summed E-state index contributed by atoms with van der Waals surface area (Å²) < 4.78 is 5.99. The van der Waals surface area contributed by atoms with Crippen LogP contribution in [0.25, 0.3) is 0 Å². The molecule has 4 nitrogen and oxygen atoms in total. The first-order chi connectivity index (χ1) is 12.7. The van der Waals surface area contributed by atoms with Gasteiger partial charge < -0.3 is 4.74 Å². The molecular formula is C21H27NO3S. The monoisotopic (exact) mass is 373 g/mol. The average Bonchev–Trinajstić information content (AvgIpc) is 3.08. The van der Waals surface area contributed by atoms with E-state index in [2.05, 4.69) is 12.1 Å². The van der Waals surface area contributed by atoms with Crippen molar-refractivity contribution in [2.75, 3.05) is 18.9 Å². The summed E-state index contributed by atoms with van der Waals surface area (Å²) in [6.45, 7) is 1.02. The van der Waals surface area contributed by atoms with Crippen LogP contribution in [0.2, 0.25) is 0 Å². The number of fused-ring (bicyclic) bond motifs is 1. The summed E-state index contributed by atoms with van der Waals surface area (Å²) in [7, 11) is 0. The molecule has 0 bridgehead atoms. The highest BCUT2D eigenvalue weighted by Crippen LogP contribution is 2.46. The zero-order chi connectivity index (χ0) is 18.0. The summed E-state index contributed by atoms with van der Waals surface area (Å²) in [4.78, 5) is 27.7. The Labute approximate surface area is 159 Å². The predicted molar refractivity (Wildman–Crippen MR) is 102 cm³/mol. The van der Waals surface area contributed by atoms with Crippen LogP contribution in [-0.4, -0.2) is 35.6 Å². The topological polar surface area (TPSA) is 46.6 Å². The second-order valence-electron chi connectivity index (χ2n) is 7.90. The van der Waals surface area contributed by atoms with E-state index in [-0.39, 0.29) is 17.2 Å². The van der Waals surface area contributed by atoms with Crippen LogP contribution in [0.4, 0.5) is 0 Å². The third-order valence-electron chi connectivity index (χ3n) is 6.00. The number of thioether (sulfide) groups is 1. The van der Waals surface area contributed by atoms with E-state index >= 15 is 0 Å². The lowest BCUT2D eigenvalue weighted by atomic mass is 9.76. The molecule has 2 heterocycles. The predicted octanol–water partition coefficient (Wildman–Crippen LogP) is 4.20. The van der Waals surface area contributed by atoms with E-state index in [0.717, 1.165) is 43.6 Å². The van der Waals surface area contributed by atoms with Crippen molar-refractivity contribution in [1.29, 1.82) is 0 Å². The average molecular weight is 374 g/mol. The Morgan fingerprint density at radius 2 is 1.85 bits per heavy atom. The van der Waals surface area contributed by atoms with Crippen LogP contribution in [0, 0.1) is 5.41 Å². The SMILES string of the molecule is O=C1CC2(CCCC2)CC(=O)N1CCCOc1cccc2c1SCCC2. The molecule has 140 valence electrons. The van der Waals surface area contributed by atoms with Crippen molar-refractivity contribution < 1.29 is 14.3 Å². The molecule has 0 atom stereocenters. The number of hydrogen-bond donors (Lipinski definition) is 0. The van der Waals surface area contributed by atoms with Gasteiger partial charge in [0.25, 0.3) is 0 Å². The molecule has 2 aliphatic heterocycles. The number of nitrogens with zero attached hydrogens (tertiary/aromatic N) is 1. The molecule has 1 aromatic carbocycles. The van der Waals surface area contributed by atoms with E-state index in [4.69, 9.17) is 4.74 Å². The third-order valence-corrected chi connectivity index (χ3v) is 7.24. The summed E-state index contributed by atoms with van der Waals surface area (Å²) in [5, 5.41) is 0. The summed E-state index contributed by atoms with van der Waals surface area (Å²) in [6.07, 6.45) is 8.56. The maximum absolute atomic E-state index is 12.5. The Hall–Kier alpha value is -1.49. The number of amides is 2. The first-order valence-corrected chi connectivity index (χ1v) is 10.9. The zero-order valence-electron chi connectivity index (χ0n) is 15.3. The number of piperidine rings is 1. The van der Waals surface area contributed by atoms with Gasteiger partial charge in [0.05, 0.1) is 11.5 Å². The molecule has 1 saturated carbocycles. The van der Waals surface area contributed by atoms with Crippen molar-refractivity contribution in [3.8, 4) is 5.75 Å². The lowest BCUT2D eigenvalue weighted by Crippen LogP contribution is -2.47. The third kappa shape index (κ3) is 3.64. The Morgan fingerprint density at radius 3 is 2.62 bits per heavy atom. The smallest absolute Gasteiger partial charge is 0.229 e. The lowest BCUT2D eigenvalue weighted by molar-refractivity contribution is -0.153. The molecule has 0 aromatic heterocycles. The van der Waals surface area contributed by atoms with Crippen LogP contribution >= 0.6 is 11.8 Å². The number of aryl methyl sites for hydroxylation is 1. The highest BCUT2D eigenvalue weighted by atomic mass is 32.2. The minimum atomic E-state index is -0.0124. The Kier molecular flexibility index (Phi) is 5.25. The number of carbonyl (C=O) groups is 2. The van der Waals surface area contributed by atoms with Crippen LogP contribution in [0.5, 0.6) is 5.75 Å². The minimum absolute atomic E-state index is 0.0124. The van der Waals surface area contributed by atoms with Crippen molar-refractivity contribution in [1.82, 2.24) is 4.90 Å². The van der Waals surface area contributed by atoms with Crippen LogP contribution < -0.4 is 4.74 Å². The van der Waals surface area contributed by atoms with Crippen LogP contribution in [0.15, 0.2) is 23.1 Å². The highest BCUT2D eigenvalue weighted by molar-refractivity contribution is 7.99.